The number of aliphatic hydroxyl groups is 1. The maximum atomic E-state index is 11.8. The Bertz CT molecular complexity index is 736. The molecule has 0 fully saturated rings. The van der Waals surface area contributed by atoms with Gasteiger partial charge in [0.2, 0.25) is 5.78 Å². The van der Waals surface area contributed by atoms with Gasteiger partial charge in [0.1, 0.15) is 11.3 Å². The van der Waals surface area contributed by atoms with Crippen LogP contribution in [-0.2, 0) is 14.3 Å². The number of nitrogens with one attached hydrogen (secondary N) is 2. The lowest BCUT2D eigenvalue weighted by Crippen LogP contribution is -2.28. The number of carbonyl (C=O) groups excluding carboxylic acids is 2. The van der Waals surface area contributed by atoms with Crippen LogP contribution in [-0.4, -0.2) is 29.6 Å². The highest BCUT2D eigenvalue weighted by atomic mass is 16.5. The van der Waals surface area contributed by atoms with Crippen LogP contribution in [0.25, 0.3) is 0 Å². The fraction of sp³-hybridized carbons (Fsp3) is 0.0714. The summed E-state index contributed by atoms with van der Waals surface area (Å²) in [6.45, 7) is 0. The minimum atomic E-state index is -3.05. The third-order valence-electron chi connectivity index (χ3n) is 2.61. The summed E-state index contributed by atoms with van der Waals surface area (Å²) in [5.74, 6) is -3.06. The van der Waals surface area contributed by atoms with E-state index in [4.69, 9.17) is 9.52 Å². The minimum absolute atomic E-state index is 0.130. The Labute approximate surface area is 119 Å². The van der Waals surface area contributed by atoms with Gasteiger partial charge < -0.3 is 15.2 Å². The summed E-state index contributed by atoms with van der Waals surface area (Å²) in [7, 11) is -3.05. The van der Waals surface area contributed by atoms with Gasteiger partial charge in [-0.05, 0) is 12.1 Å². The largest absolute Gasteiger partial charge is 0.505 e. The molecule has 0 amide bonds. The number of methoxy groups -OCH3 is 1. The predicted octanol–water partition coefficient (Wildman–Crippen LogP) is 1.57. The second kappa shape index (κ2) is 5.40. The Kier molecular flexibility index (Phi) is 2.69. The number of ether oxygens (including phenoxy) is 1. The summed E-state index contributed by atoms with van der Waals surface area (Å²) in [4.78, 5) is 23.6. The second-order valence-corrected chi connectivity index (χ2v) is 3.90. The minimum Gasteiger partial charge on any atom is -0.505 e. The number of aliphatic hydroxyl groups excluding tert-OH is 1. The van der Waals surface area contributed by atoms with Gasteiger partial charge in [-0.3, -0.25) is 10.2 Å². The summed E-state index contributed by atoms with van der Waals surface area (Å²) in [5.41, 5.74) is -1.24. The Morgan fingerprint density at radius 3 is 2.75 bits per heavy atom. The van der Waals surface area contributed by atoms with Gasteiger partial charge in [0.15, 0.2) is 5.76 Å². The van der Waals surface area contributed by atoms with Crippen LogP contribution in [0.4, 0.5) is 5.69 Å². The molecule has 0 unspecified atom stereocenters. The summed E-state index contributed by atoms with van der Waals surface area (Å²) >= 11 is 0. The average molecular weight is 275 g/mol. The molecule has 1 aromatic carbocycles. The third kappa shape index (κ3) is 2.44. The summed E-state index contributed by atoms with van der Waals surface area (Å²) in [5, 5.41) is 20.4. The Morgan fingerprint density at radius 1 is 1.40 bits per heavy atom. The second-order valence-electron chi connectivity index (χ2n) is 3.90. The van der Waals surface area contributed by atoms with Gasteiger partial charge in [0.25, 0.3) is 0 Å². The number of benzene rings is 1. The molecule has 0 saturated carbocycles. The SMILES string of the molecule is [2H]C([2H])([2H])OC(=O)C1=C(O)C(Nc2ccccc2)=CC(=O)C1=N. The van der Waals surface area contributed by atoms with Crippen LogP contribution in [0.5, 0.6) is 0 Å². The maximum Gasteiger partial charge on any atom is 0.344 e. The van der Waals surface area contributed by atoms with E-state index < -0.39 is 35.8 Å². The van der Waals surface area contributed by atoms with Crippen molar-refractivity contribution in [3.63, 3.8) is 0 Å². The van der Waals surface area contributed by atoms with Crippen LogP contribution < -0.4 is 5.32 Å². The van der Waals surface area contributed by atoms with Gasteiger partial charge >= 0.3 is 5.97 Å². The van der Waals surface area contributed by atoms with Crippen molar-refractivity contribution in [2.75, 3.05) is 12.4 Å². The zero-order valence-electron chi connectivity index (χ0n) is 13.1. The zero-order valence-corrected chi connectivity index (χ0v) is 10.1. The summed E-state index contributed by atoms with van der Waals surface area (Å²) in [6, 6.07) is 8.48. The summed E-state index contributed by atoms with van der Waals surface area (Å²) < 4.78 is 24.8. The van der Waals surface area contributed by atoms with Gasteiger partial charge in [-0.25, -0.2) is 4.79 Å². The van der Waals surface area contributed by atoms with Crippen LogP contribution in [0, 0.1) is 5.41 Å². The first-order valence-corrected chi connectivity index (χ1v) is 5.53. The van der Waals surface area contributed by atoms with Crippen LogP contribution in [0.2, 0.25) is 0 Å². The number of allylic oxidation sites excluding steroid dienone is 1. The average Bonchev–Trinajstić information content (AvgIpc) is 2.44. The molecule has 102 valence electrons. The van der Waals surface area contributed by atoms with Crippen molar-refractivity contribution in [3.8, 4) is 0 Å². The van der Waals surface area contributed by atoms with Gasteiger partial charge in [0.05, 0.1) is 16.8 Å². The van der Waals surface area contributed by atoms with Gasteiger partial charge in [-0.2, -0.15) is 0 Å². The van der Waals surface area contributed by atoms with Crippen molar-refractivity contribution >= 4 is 23.2 Å². The van der Waals surface area contributed by atoms with Crippen LogP contribution in [0.15, 0.2) is 53.4 Å². The van der Waals surface area contributed by atoms with E-state index in [-0.39, 0.29) is 5.70 Å². The molecule has 0 aliphatic heterocycles. The number of hydrogen-bond donors (Lipinski definition) is 3. The van der Waals surface area contributed by atoms with Crippen molar-refractivity contribution < 1.29 is 23.5 Å². The first kappa shape index (κ1) is 9.96. The molecule has 2 rings (SSSR count). The molecule has 0 saturated heterocycles. The van der Waals surface area contributed by atoms with Gasteiger partial charge in [-0.1, -0.05) is 18.2 Å². The normalized spacial score (nSPS) is 17.8. The third-order valence-corrected chi connectivity index (χ3v) is 2.61. The molecular weight excluding hydrogens is 260 g/mol. The van der Waals surface area contributed by atoms with Crippen LogP contribution in [0.3, 0.4) is 0 Å². The lowest BCUT2D eigenvalue weighted by molar-refractivity contribution is -0.135. The van der Waals surface area contributed by atoms with Crippen molar-refractivity contribution in [1.82, 2.24) is 0 Å². The zero-order chi connectivity index (χ0) is 17.2. The number of rotatable bonds is 3. The number of anilines is 1. The number of esters is 1. The highest BCUT2D eigenvalue weighted by Crippen LogP contribution is 2.22. The molecule has 6 heteroatoms. The summed E-state index contributed by atoms with van der Waals surface area (Å²) in [6.07, 6.45) is 0.941. The van der Waals surface area contributed by atoms with E-state index in [9.17, 15) is 14.7 Å². The number of para-hydroxylation sites is 1. The molecule has 0 heterocycles. The Hall–Kier alpha value is -2.89. The highest BCUT2D eigenvalue weighted by Gasteiger charge is 2.31. The first-order valence-electron chi connectivity index (χ1n) is 7.03. The fourth-order valence-corrected chi connectivity index (χ4v) is 1.67. The smallest absolute Gasteiger partial charge is 0.344 e. The van der Waals surface area contributed by atoms with E-state index in [1.807, 2.05) is 0 Å². The molecular formula is C14H12N2O4. The molecule has 0 radical (unpaired) electrons. The van der Waals surface area contributed by atoms with Crippen molar-refractivity contribution in [2.45, 2.75) is 0 Å². The van der Waals surface area contributed by atoms with Crippen molar-refractivity contribution in [2.24, 2.45) is 0 Å². The number of carbonyl (C=O) groups is 2. The molecule has 3 N–H and O–H groups in total. The van der Waals surface area contributed by atoms with E-state index in [0.29, 0.717) is 5.69 Å². The maximum absolute atomic E-state index is 11.8. The molecule has 0 aromatic heterocycles. The molecule has 0 spiro atoms. The fourth-order valence-electron chi connectivity index (χ4n) is 1.67. The number of ketones is 1. The molecule has 1 aliphatic carbocycles. The van der Waals surface area contributed by atoms with E-state index in [1.165, 1.54) is 0 Å². The molecule has 1 aromatic rings. The quantitative estimate of drug-likeness (QED) is 0.574. The topological polar surface area (TPSA) is 99.5 Å². The van der Waals surface area contributed by atoms with Gasteiger partial charge in [0, 0.05) is 11.8 Å². The van der Waals surface area contributed by atoms with Crippen LogP contribution >= 0.6 is 0 Å². The molecule has 1 aliphatic rings. The van der Waals surface area contributed by atoms with E-state index >= 15 is 0 Å². The van der Waals surface area contributed by atoms with E-state index in [1.54, 1.807) is 30.3 Å². The highest BCUT2D eigenvalue weighted by molar-refractivity contribution is 6.54. The monoisotopic (exact) mass is 275 g/mol. The molecule has 6 nitrogen and oxygen atoms in total. The van der Waals surface area contributed by atoms with Crippen LogP contribution in [0.1, 0.15) is 4.11 Å². The van der Waals surface area contributed by atoms with Crippen molar-refractivity contribution in [1.29, 1.82) is 5.41 Å². The van der Waals surface area contributed by atoms with Crippen molar-refractivity contribution in [3.05, 3.63) is 53.4 Å². The van der Waals surface area contributed by atoms with E-state index in [0.717, 1.165) is 6.08 Å². The molecule has 20 heavy (non-hydrogen) atoms. The number of hydrogen-bond acceptors (Lipinski definition) is 6. The lowest BCUT2D eigenvalue weighted by Gasteiger charge is -2.17. The lowest BCUT2D eigenvalue weighted by atomic mass is 9.97. The van der Waals surface area contributed by atoms with Gasteiger partial charge in [-0.15, -0.1) is 0 Å². The first-order chi connectivity index (χ1) is 10.7. The molecule has 0 atom stereocenters. The Balaban J connectivity index is 2.37. The standard InChI is InChI=1S/C14H12N2O4/c1-20-14(19)11-12(15)10(17)7-9(13(11)18)16-8-5-3-2-4-6-8/h2-7,15-16,18H,1H3/i1D3. The van der Waals surface area contributed by atoms with E-state index in [2.05, 4.69) is 10.1 Å². The molecule has 0 bridgehead atoms. The predicted molar refractivity (Wildman–Crippen MR) is 72.6 cm³/mol. The Morgan fingerprint density at radius 2 is 2.10 bits per heavy atom.